The van der Waals surface area contributed by atoms with Gasteiger partial charge in [-0.3, -0.25) is 0 Å². The molecular formula is C26H36. The SMILES string of the molecule is CC=C(c1ccc(-c2ccc(CCCCCCCC)cc2)cc1)C(C)C. The lowest BCUT2D eigenvalue weighted by Crippen LogP contribution is -1.93. The van der Waals surface area contributed by atoms with E-state index in [-0.39, 0.29) is 0 Å². The molecule has 0 N–H and O–H groups in total. The largest absolute Gasteiger partial charge is 0.0836 e. The summed E-state index contributed by atoms with van der Waals surface area (Å²) in [7, 11) is 0. The van der Waals surface area contributed by atoms with Crippen molar-refractivity contribution in [2.75, 3.05) is 0 Å². The molecule has 0 amide bonds. The van der Waals surface area contributed by atoms with Crippen molar-refractivity contribution in [3.8, 4) is 11.1 Å². The Morgan fingerprint density at radius 2 is 1.31 bits per heavy atom. The third kappa shape index (κ3) is 6.16. The van der Waals surface area contributed by atoms with Crippen LogP contribution in [0.5, 0.6) is 0 Å². The Morgan fingerprint density at radius 1 is 0.769 bits per heavy atom. The summed E-state index contributed by atoms with van der Waals surface area (Å²) in [6.07, 6.45) is 11.6. The van der Waals surface area contributed by atoms with Gasteiger partial charge in [0, 0.05) is 0 Å². The quantitative estimate of drug-likeness (QED) is 0.379. The molecule has 0 aliphatic rings. The lowest BCUT2D eigenvalue weighted by Gasteiger charge is -2.12. The highest BCUT2D eigenvalue weighted by Gasteiger charge is 2.06. The molecular weight excluding hydrogens is 312 g/mol. The average molecular weight is 349 g/mol. The van der Waals surface area contributed by atoms with E-state index in [2.05, 4.69) is 82.3 Å². The van der Waals surface area contributed by atoms with Crippen molar-refractivity contribution in [3.05, 3.63) is 65.7 Å². The number of allylic oxidation sites excluding steroid dienone is 2. The van der Waals surface area contributed by atoms with Crippen LogP contribution in [0, 0.1) is 5.92 Å². The molecule has 0 heteroatoms. The van der Waals surface area contributed by atoms with Gasteiger partial charge in [0.15, 0.2) is 0 Å². The summed E-state index contributed by atoms with van der Waals surface area (Å²) in [6, 6.07) is 18.2. The van der Waals surface area contributed by atoms with E-state index in [1.807, 2.05) is 0 Å². The lowest BCUT2D eigenvalue weighted by molar-refractivity contribution is 0.607. The smallest absolute Gasteiger partial charge is 0.0184 e. The lowest BCUT2D eigenvalue weighted by atomic mass is 9.93. The van der Waals surface area contributed by atoms with Crippen molar-refractivity contribution in [2.45, 2.75) is 72.6 Å². The van der Waals surface area contributed by atoms with Crippen LogP contribution >= 0.6 is 0 Å². The Hall–Kier alpha value is -1.82. The minimum absolute atomic E-state index is 0.562. The van der Waals surface area contributed by atoms with Gasteiger partial charge in [-0.2, -0.15) is 0 Å². The molecule has 0 spiro atoms. The third-order valence-corrected chi connectivity index (χ3v) is 5.26. The monoisotopic (exact) mass is 348 g/mol. The van der Waals surface area contributed by atoms with Crippen molar-refractivity contribution in [1.82, 2.24) is 0 Å². The maximum atomic E-state index is 2.31. The zero-order valence-electron chi connectivity index (χ0n) is 17.2. The minimum Gasteiger partial charge on any atom is -0.0836 e. The maximum Gasteiger partial charge on any atom is -0.0184 e. The fourth-order valence-corrected chi connectivity index (χ4v) is 3.66. The summed E-state index contributed by atoms with van der Waals surface area (Å²) in [5, 5.41) is 0. The van der Waals surface area contributed by atoms with E-state index in [1.165, 1.54) is 72.8 Å². The first-order valence-corrected chi connectivity index (χ1v) is 10.5. The van der Waals surface area contributed by atoms with Crippen molar-refractivity contribution in [2.24, 2.45) is 5.92 Å². The first-order valence-electron chi connectivity index (χ1n) is 10.5. The van der Waals surface area contributed by atoms with E-state index in [9.17, 15) is 0 Å². The minimum atomic E-state index is 0.562. The van der Waals surface area contributed by atoms with Gasteiger partial charge < -0.3 is 0 Å². The van der Waals surface area contributed by atoms with Gasteiger partial charge >= 0.3 is 0 Å². The van der Waals surface area contributed by atoms with E-state index in [4.69, 9.17) is 0 Å². The van der Waals surface area contributed by atoms with E-state index >= 15 is 0 Å². The van der Waals surface area contributed by atoms with Crippen LogP contribution in [-0.2, 0) is 6.42 Å². The molecule has 26 heavy (non-hydrogen) atoms. The first kappa shape index (κ1) is 20.5. The van der Waals surface area contributed by atoms with E-state index < -0.39 is 0 Å². The molecule has 2 aromatic rings. The van der Waals surface area contributed by atoms with Crippen molar-refractivity contribution in [3.63, 3.8) is 0 Å². The van der Waals surface area contributed by atoms with Gasteiger partial charge in [0.2, 0.25) is 0 Å². The highest BCUT2D eigenvalue weighted by Crippen LogP contribution is 2.26. The maximum absolute atomic E-state index is 2.31. The van der Waals surface area contributed by atoms with Gasteiger partial charge in [0.1, 0.15) is 0 Å². The van der Waals surface area contributed by atoms with Gasteiger partial charge in [0.05, 0.1) is 0 Å². The Balaban J connectivity index is 1.91. The molecule has 0 heterocycles. The van der Waals surface area contributed by atoms with Crippen molar-refractivity contribution in [1.29, 1.82) is 0 Å². The normalized spacial score (nSPS) is 12.0. The molecule has 0 radical (unpaired) electrons. The molecule has 0 fully saturated rings. The molecule has 0 aliphatic carbocycles. The summed E-state index contributed by atoms with van der Waals surface area (Å²) in [5.74, 6) is 0.562. The van der Waals surface area contributed by atoms with E-state index in [0.717, 1.165) is 0 Å². The van der Waals surface area contributed by atoms with Crippen LogP contribution in [0.3, 0.4) is 0 Å². The molecule has 140 valence electrons. The van der Waals surface area contributed by atoms with Crippen LogP contribution in [0.25, 0.3) is 16.7 Å². The predicted octanol–water partition coefficient (Wildman–Crippen LogP) is 8.32. The van der Waals surface area contributed by atoms with Gasteiger partial charge in [-0.25, -0.2) is 0 Å². The second-order valence-corrected chi connectivity index (χ2v) is 7.69. The highest BCUT2D eigenvalue weighted by molar-refractivity contribution is 5.71. The average Bonchev–Trinajstić information content (AvgIpc) is 2.66. The number of aryl methyl sites for hydroxylation is 1. The second kappa shape index (κ2) is 11.0. The molecule has 0 saturated heterocycles. The fraction of sp³-hybridized carbons (Fsp3) is 0.462. The fourth-order valence-electron chi connectivity index (χ4n) is 3.66. The molecule has 0 aliphatic heterocycles. The first-order chi connectivity index (χ1) is 12.7. The van der Waals surface area contributed by atoms with Crippen LogP contribution in [0.1, 0.15) is 77.3 Å². The van der Waals surface area contributed by atoms with E-state index in [1.54, 1.807) is 0 Å². The molecule has 0 saturated carbocycles. The Labute approximate surface area is 161 Å². The molecule has 0 aromatic heterocycles. The molecule has 0 unspecified atom stereocenters. The predicted molar refractivity (Wildman–Crippen MR) is 117 cm³/mol. The molecule has 0 bridgehead atoms. The van der Waals surface area contributed by atoms with Crippen LogP contribution in [0.4, 0.5) is 0 Å². The van der Waals surface area contributed by atoms with Gasteiger partial charge in [-0.05, 0) is 53.5 Å². The molecule has 0 nitrogen and oxygen atoms in total. The molecule has 0 atom stereocenters. The summed E-state index contributed by atoms with van der Waals surface area (Å²) in [5.41, 5.74) is 6.85. The molecule has 2 aromatic carbocycles. The zero-order chi connectivity index (χ0) is 18.8. The number of hydrogen-bond donors (Lipinski definition) is 0. The van der Waals surface area contributed by atoms with Gasteiger partial charge in [-0.15, -0.1) is 0 Å². The Bertz CT molecular complexity index is 656. The standard InChI is InChI=1S/C26H36/c1-5-7-8-9-10-11-12-22-13-15-23(16-14-22)24-17-19-25(20-18-24)26(6-2)21(3)4/h6,13-21H,5,7-12H2,1-4H3. The number of unbranched alkanes of at least 4 members (excludes halogenated alkanes) is 5. The van der Waals surface area contributed by atoms with E-state index in [0.29, 0.717) is 5.92 Å². The number of hydrogen-bond acceptors (Lipinski definition) is 0. The van der Waals surface area contributed by atoms with Gasteiger partial charge in [-0.1, -0.05) is 107 Å². The van der Waals surface area contributed by atoms with Crippen molar-refractivity contribution < 1.29 is 0 Å². The summed E-state index contributed by atoms with van der Waals surface area (Å²) in [4.78, 5) is 0. The summed E-state index contributed by atoms with van der Waals surface area (Å²) < 4.78 is 0. The zero-order valence-corrected chi connectivity index (χ0v) is 17.2. The number of rotatable bonds is 10. The van der Waals surface area contributed by atoms with Gasteiger partial charge in [0.25, 0.3) is 0 Å². The summed E-state index contributed by atoms with van der Waals surface area (Å²) >= 11 is 0. The van der Waals surface area contributed by atoms with Crippen LogP contribution in [-0.4, -0.2) is 0 Å². The van der Waals surface area contributed by atoms with Crippen LogP contribution in [0.15, 0.2) is 54.6 Å². The Morgan fingerprint density at radius 3 is 1.85 bits per heavy atom. The third-order valence-electron chi connectivity index (χ3n) is 5.26. The number of benzene rings is 2. The molecule has 2 rings (SSSR count). The topological polar surface area (TPSA) is 0 Å². The van der Waals surface area contributed by atoms with Crippen LogP contribution in [0.2, 0.25) is 0 Å². The Kier molecular flexibility index (Phi) is 8.68. The van der Waals surface area contributed by atoms with Crippen LogP contribution < -0.4 is 0 Å². The second-order valence-electron chi connectivity index (χ2n) is 7.69. The highest BCUT2D eigenvalue weighted by atomic mass is 14.1. The van der Waals surface area contributed by atoms with Crippen molar-refractivity contribution >= 4 is 5.57 Å². The summed E-state index contributed by atoms with van der Waals surface area (Å²) in [6.45, 7) is 8.92.